The van der Waals surface area contributed by atoms with Crippen molar-refractivity contribution in [2.24, 2.45) is 5.73 Å². The third-order valence-corrected chi connectivity index (χ3v) is 3.84. The number of aryl methyl sites for hydroxylation is 1. The fraction of sp³-hybridized carbons (Fsp3) is 0.222. The van der Waals surface area contributed by atoms with Gasteiger partial charge in [0, 0.05) is 5.02 Å². The van der Waals surface area contributed by atoms with Crippen LogP contribution >= 0.6 is 11.6 Å². The quantitative estimate of drug-likeness (QED) is 0.720. The van der Waals surface area contributed by atoms with Crippen molar-refractivity contribution in [2.75, 3.05) is 12.4 Å². The van der Waals surface area contributed by atoms with Gasteiger partial charge in [0.05, 0.1) is 18.8 Å². The predicted octanol–water partition coefficient (Wildman–Crippen LogP) is 2.82. The molecule has 0 saturated heterocycles. The molecule has 0 aliphatic heterocycles. The monoisotopic (exact) mass is 346 g/mol. The molecule has 0 heterocycles. The summed E-state index contributed by atoms with van der Waals surface area (Å²) in [5.74, 6) is -1.04. The molecule has 2 rings (SSSR count). The Morgan fingerprint density at radius 1 is 1.21 bits per heavy atom. The van der Waals surface area contributed by atoms with E-state index in [1.165, 1.54) is 7.11 Å². The minimum Gasteiger partial charge on any atom is -0.495 e. The molecule has 24 heavy (non-hydrogen) atoms. The minimum atomic E-state index is -0.964. The molecule has 1 unspecified atom stereocenters. The van der Waals surface area contributed by atoms with E-state index in [1.54, 1.807) is 18.2 Å². The fourth-order valence-electron chi connectivity index (χ4n) is 2.40. The predicted molar refractivity (Wildman–Crippen MR) is 94.4 cm³/mol. The maximum atomic E-state index is 12.1. The van der Waals surface area contributed by atoms with Crippen LogP contribution in [0.1, 0.15) is 12.0 Å². The van der Waals surface area contributed by atoms with Gasteiger partial charge in [0.1, 0.15) is 5.75 Å². The maximum absolute atomic E-state index is 12.1. The Labute approximate surface area is 145 Å². The number of benzene rings is 2. The van der Waals surface area contributed by atoms with Crippen LogP contribution in [0.4, 0.5) is 5.69 Å². The van der Waals surface area contributed by atoms with Gasteiger partial charge in [-0.15, -0.1) is 0 Å². The molecule has 0 fully saturated rings. The van der Waals surface area contributed by atoms with Crippen molar-refractivity contribution in [3.63, 3.8) is 0 Å². The van der Waals surface area contributed by atoms with Crippen molar-refractivity contribution >= 4 is 29.0 Å². The average Bonchev–Trinajstić information content (AvgIpc) is 2.58. The van der Waals surface area contributed by atoms with Crippen molar-refractivity contribution in [3.8, 4) is 5.75 Å². The smallest absolute Gasteiger partial charge is 0.287 e. The van der Waals surface area contributed by atoms with Crippen LogP contribution in [0.2, 0.25) is 5.02 Å². The van der Waals surface area contributed by atoms with Crippen molar-refractivity contribution in [1.82, 2.24) is 0 Å². The van der Waals surface area contributed by atoms with Crippen LogP contribution in [0.25, 0.3) is 0 Å². The van der Waals surface area contributed by atoms with E-state index >= 15 is 0 Å². The summed E-state index contributed by atoms with van der Waals surface area (Å²) in [5, 5.41) is 3.68. The highest BCUT2D eigenvalue weighted by Gasteiger charge is 2.24. The first-order valence-electron chi connectivity index (χ1n) is 7.49. The Morgan fingerprint density at radius 2 is 1.96 bits per heavy atom. The van der Waals surface area contributed by atoms with Gasteiger partial charge in [-0.1, -0.05) is 35.9 Å². The van der Waals surface area contributed by atoms with Gasteiger partial charge in [0.25, 0.3) is 5.91 Å². The molecule has 2 aromatic carbocycles. The molecule has 1 atom stereocenters. The summed E-state index contributed by atoms with van der Waals surface area (Å²) in [6, 6.07) is 13.8. The van der Waals surface area contributed by atoms with Crippen LogP contribution in [-0.4, -0.2) is 24.8 Å². The summed E-state index contributed by atoms with van der Waals surface area (Å²) in [6.45, 7) is 0. The number of Topliss-reactive ketones (excluding diaryl/α,β-unsaturated/α-hetero) is 1. The number of ether oxygens (including phenoxy) is 1. The number of primary amides is 1. The molecular weight excluding hydrogens is 328 g/mol. The zero-order chi connectivity index (χ0) is 17.5. The molecule has 0 spiro atoms. The molecule has 1 amide bonds. The van der Waals surface area contributed by atoms with Crippen LogP contribution < -0.4 is 15.8 Å². The van der Waals surface area contributed by atoms with Gasteiger partial charge in [-0.05, 0) is 42.7 Å². The Morgan fingerprint density at radius 3 is 2.62 bits per heavy atom. The van der Waals surface area contributed by atoms with E-state index in [2.05, 4.69) is 5.32 Å². The number of nitrogens with two attached hydrogens (primary N) is 1. The number of ketones is 1. The average molecular weight is 347 g/mol. The maximum Gasteiger partial charge on any atom is 0.287 e. The molecule has 6 heteroatoms. The van der Waals surface area contributed by atoms with Crippen LogP contribution in [0, 0.1) is 0 Å². The number of para-hydroxylation sites is 2. The largest absolute Gasteiger partial charge is 0.495 e. The lowest BCUT2D eigenvalue weighted by Crippen LogP contribution is -2.39. The summed E-state index contributed by atoms with van der Waals surface area (Å²) in [4.78, 5) is 23.5. The van der Waals surface area contributed by atoms with Crippen molar-refractivity contribution in [3.05, 3.63) is 59.1 Å². The number of hydrogen-bond donors (Lipinski definition) is 2. The summed E-state index contributed by atoms with van der Waals surface area (Å²) in [6.07, 6.45) is 0.979. The third-order valence-electron chi connectivity index (χ3n) is 3.61. The van der Waals surface area contributed by atoms with Crippen LogP contribution in [-0.2, 0) is 16.0 Å². The first-order chi connectivity index (χ1) is 11.5. The first kappa shape index (κ1) is 17.8. The van der Waals surface area contributed by atoms with Crippen LogP contribution in [0.3, 0.4) is 0 Å². The minimum absolute atomic E-state index is 0.403. The van der Waals surface area contributed by atoms with E-state index in [9.17, 15) is 9.59 Å². The molecule has 0 aliphatic rings. The Bertz CT molecular complexity index is 734. The van der Waals surface area contributed by atoms with Gasteiger partial charge in [0.15, 0.2) is 0 Å². The molecule has 0 aliphatic carbocycles. The number of amides is 1. The molecule has 126 valence electrons. The lowest BCUT2D eigenvalue weighted by Gasteiger charge is -2.19. The van der Waals surface area contributed by atoms with Gasteiger partial charge >= 0.3 is 0 Å². The van der Waals surface area contributed by atoms with E-state index in [4.69, 9.17) is 22.1 Å². The molecule has 0 saturated carbocycles. The lowest BCUT2D eigenvalue weighted by molar-refractivity contribution is -0.136. The molecule has 2 aromatic rings. The van der Waals surface area contributed by atoms with E-state index in [1.807, 2.05) is 30.3 Å². The summed E-state index contributed by atoms with van der Waals surface area (Å²) in [5.41, 5.74) is 6.78. The normalized spacial score (nSPS) is 11.6. The number of rotatable bonds is 8. The molecule has 5 nitrogen and oxygen atoms in total. The number of carbonyl (C=O) groups excluding carboxylic acids is 2. The van der Waals surface area contributed by atoms with Crippen LogP contribution in [0.5, 0.6) is 5.75 Å². The molecule has 0 aromatic heterocycles. The number of anilines is 1. The van der Waals surface area contributed by atoms with Gasteiger partial charge in [-0.2, -0.15) is 0 Å². The molecule has 0 bridgehead atoms. The summed E-state index contributed by atoms with van der Waals surface area (Å²) >= 11 is 5.97. The third kappa shape index (κ3) is 4.73. The van der Waals surface area contributed by atoms with E-state index in [-0.39, 0.29) is 0 Å². The number of hydrogen-bond acceptors (Lipinski definition) is 4. The Kier molecular flexibility index (Phi) is 6.21. The van der Waals surface area contributed by atoms with Gasteiger partial charge in [-0.25, -0.2) is 0 Å². The Hall–Kier alpha value is -2.53. The van der Waals surface area contributed by atoms with E-state index < -0.39 is 17.7 Å². The second-order valence-electron chi connectivity index (χ2n) is 5.29. The number of halogens is 1. The number of nitrogens with one attached hydrogen (secondary N) is 1. The van der Waals surface area contributed by atoms with Crippen molar-refractivity contribution in [1.29, 1.82) is 0 Å². The van der Waals surface area contributed by atoms with Gasteiger partial charge in [0.2, 0.25) is 5.78 Å². The highest BCUT2D eigenvalue weighted by molar-refractivity contribution is 6.38. The second kappa shape index (κ2) is 8.36. The van der Waals surface area contributed by atoms with Crippen molar-refractivity contribution in [2.45, 2.75) is 18.9 Å². The Balaban J connectivity index is 2.15. The van der Waals surface area contributed by atoms with Crippen LogP contribution in [0.15, 0.2) is 48.5 Å². The van der Waals surface area contributed by atoms with Gasteiger partial charge in [-0.3, -0.25) is 9.59 Å². The van der Waals surface area contributed by atoms with E-state index in [0.29, 0.717) is 29.3 Å². The highest BCUT2D eigenvalue weighted by atomic mass is 35.5. The molecule has 3 N–H and O–H groups in total. The van der Waals surface area contributed by atoms with Crippen molar-refractivity contribution < 1.29 is 14.3 Å². The second-order valence-corrected chi connectivity index (χ2v) is 5.73. The first-order valence-corrected chi connectivity index (χ1v) is 7.86. The zero-order valence-corrected chi connectivity index (χ0v) is 14.0. The zero-order valence-electron chi connectivity index (χ0n) is 13.3. The lowest BCUT2D eigenvalue weighted by atomic mass is 10.0. The van der Waals surface area contributed by atoms with Gasteiger partial charge < -0.3 is 15.8 Å². The topological polar surface area (TPSA) is 81.4 Å². The molecular formula is C18H19ClN2O3. The molecule has 0 radical (unpaired) electrons. The van der Waals surface area contributed by atoms with E-state index in [0.717, 1.165) is 5.56 Å². The summed E-state index contributed by atoms with van der Waals surface area (Å²) in [7, 11) is 1.54. The number of carbonyl (C=O) groups is 2. The summed E-state index contributed by atoms with van der Waals surface area (Å²) < 4.78 is 5.26. The highest BCUT2D eigenvalue weighted by Crippen LogP contribution is 2.25. The SMILES string of the molecule is COc1ccccc1NC(CCc1cccc(Cl)c1)C(=O)C(N)=O. The standard InChI is InChI=1S/C18H19ClN2O3/c1-24-16-8-3-2-7-14(16)21-15(17(22)18(20)23)10-9-12-5-4-6-13(19)11-12/h2-8,11,15,21H,9-10H2,1H3,(H2,20,23). The number of methoxy groups -OCH3 is 1. The fourth-order valence-corrected chi connectivity index (χ4v) is 2.61.